The zero-order valence-electron chi connectivity index (χ0n) is 10.7. The Hall–Kier alpha value is -0.980. The Morgan fingerprint density at radius 1 is 1.33 bits per heavy atom. The summed E-state index contributed by atoms with van der Waals surface area (Å²) in [5, 5.41) is 18.4. The molecule has 0 atom stereocenters. The third kappa shape index (κ3) is 2.71. The van der Waals surface area contributed by atoms with Crippen molar-refractivity contribution in [3.63, 3.8) is 0 Å². The molecule has 18 heavy (non-hydrogen) atoms. The number of halogens is 1. The lowest BCUT2D eigenvalue weighted by Gasteiger charge is -1.97. The van der Waals surface area contributed by atoms with Crippen LogP contribution in [0.25, 0.3) is 5.13 Å². The van der Waals surface area contributed by atoms with Crippen molar-refractivity contribution in [3.05, 3.63) is 21.4 Å². The van der Waals surface area contributed by atoms with Gasteiger partial charge in [-0.25, -0.2) is 4.68 Å². The van der Waals surface area contributed by atoms with E-state index in [-0.39, 0.29) is 0 Å². The van der Waals surface area contributed by atoms with Crippen molar-refractivity contribution >= 4 is 22.9 Å². The molecule has 2 rings (SSSR count). The van der Waals surface area contributed by atoms with E-state index in [1.807, 2.05) is 13.8 Å². The van der Waals surface area contributed by atoms with Crippen LogP contribution in [0.1, 0.15) is 29.7 Å². The summed E-state index contributed by atoms with van der Waals surface area (Å²) in [6, 6.07) is 0. The fourth-order valence-electron chi connectivity index (χ4n) is 1.58. The molecule has 98 valence electrons. The first-order valence-corrected chi connectivity index (χ1v) is 7.08. The van der Waals surface area contributed by atoms with Crippen LogP contribution in [0.15, 0.2) is 0 Å². The van der Waals surface area contributed by atoms with Crippen molar-refractivity contribution in [2.45, 2.75) is 33.7 Å². The Morgan fingerprint density at radius 2 is 2.11 bits per heavy atom. The largest absolute Gasteiger partial charge is 0.310 e. The quantitative estimate of drug-likeness (QED) is 0.858. The lowest BCUT2D eigenvalue weighted by atomic mass is 10.4. The molecule has 0 aliphatic rings. The van der Waals surface area contributed by atoms with Gasteiger partial charge < -0.3 is 5.32 Å². The molecule has 5 nitrogen and oxygen atoms in total. The normalized spacial score (nSPS) is 11.1. The summed E-state index contributed by atoms with van der Waals surface area (Å²) in [4.78, 5) is 0. The Bertz CT molecular complexity index is 534. The first-order chi connectivity index (χ1) is 8.63. The number of hydrogen-bond acceptors (Lipinski definition) is 5. The molecule has 2 heterocycles. The molecule has 0 saturated carbocycles. The van der Waals surface area contributed by atoms with E-state index in [0.717, 1.165) is 41.0 Å². The Morgan fingerprint density at radius 3 is 2.72 bits per heavy atom. The zero-order valence-corrected chi connectivity index (χ0v) is 12.3. The molecule has 0 saturated heterocycles. The van der Waals surface area contributed by atoms with E-state index in [2.05, 4.69) is 27.5 Å². The summed E-state index contributed by atoms with van der Waals surface area (Å²) < 4.78 is 1.75. The van der Waals surface area contributed by atoms with Crippen LogP contribution in [0, 0.1) is 13.8 Å². The van der Waals surface area contributed by atoms with Gasteiger partial charge in [0.1, 0.15) is 5.01 Å². The Balaban J connectivity index is 2.16. The van der Waals surface area contributed by atoms with Crippen LogP contribution < -0.4 is 5.32 Å². The lowest BCUT2D eigenvalue weighted by Crippen LogP contribution is -2.13. The van der Waals surface area contributed by atoms with Gasteiger partial charge in [-0.2, -0.15) is 5.10 Å². The minimum absolute atomic E-state index is 0.691. The molecule has 0 fully saturated rings. The van der Waals surface area contributed by atoms with Crippen LogP contribution in [0.2, 0.25) is 5.02 Å². The molecule has 0 unspecified atom stereocenters. The second-order valence-corrected chi connectivity index (χ2v) is 5.47. The van der Waals surface area contributed by atoms with Crippen molar-refractivity contribution in [1.82, 2.24) is 25.3 Å². The van der Waals surface area contributed by atoms with Crippen LogP contribution in [-0.4, -0.2) is 26.5 Å². The number of nitrogens with zero attached hydrogens (tertiary/aromatic N) is 4. The minimum Gasteiger partial charge on any atom is -0.310 e. The molecule has 7 heteroatoms. The van der Waals surface area contributed by atoms with E-state index in [9.17, 15) is 0 Å². The Kier molecular flexibility index (Phi) is 4.31. The summed E-state index contributed by atoms with van der Waals surface area (Å²) in [5.74, 6) is 0. The molecule has 0 radical (unpaired) electrons. The van der Waals surface area contributed by atoms with E-state index in [1.54, 1.807) is 4.68 Å². The predicted molar refractivity (Wildman–Crippen MR) is 73.5 cm³/mol. The van der Waals surface area contributed by atoms with Gasteiger partial charge in [-0.15, -0.1) is 10.2 Å². The third-order valence-corrected chi connectivity index (χ3v) is 3.99. The van der Waals surface area contributed by atoms with E-state index in [4.69, 9.17) is 11.6 Å². The lowest BCUT2D eigenvalue weighted by molar-refractivity contribution is 0.667. The van der Waals surface area contributed by atoms with E-state index >= 15 is 0 Å². The van der Waals surface area contributed by atoms with Gasteiger partial charge in [0.25, 0.3) is 0 Å². The van der Waals surface area contributed by atoms with Gasteiger partial charge in [0.15, 0.2) is 0 Å². The molecule has 2 aromatic heterocycles. The van der Waals surface area contributed by atoms with Gasteiger partial charge in [-0.3, -0.25) is 0 Å². The van der Waals surface area contributed by atoms with E-state index in [1.165, 1.54) is 11.3 Å². The predicted octanol–water partition coefficient (Wildman–Crippen LogP) is 2.49. The molecule has 0 aliphatic carbocycles. The standard InChI is InChI=1S/C11H16ClN5S/c1-4-5-13-6-9-14-15-11(18-9)17-8(3)10(12)7(2)16-17/h13H,4-6H2,1-3H3. The summed E-state index contributed by atoms with van der Waals surface area (Å²) in [5.41, 5.74) is 1.72. The fourth-order valence-corrected chi connectivity index (χ4v) is 2.51. The highest BCUT2D eigenvalue weighted by Crippen LogP contribution is 2.23. The molecule has 0 aliphatic heterocycles. The van der Waals surface area contributed by atoms with Gasteiger partial charge in [0.2, 0.25) is 5.13 Å². The summed E-state index contributed by atoms with van der Waals surface area (Å²) in [6.07, 6.45) is 1.11. The van der Waals surface area contributed by atoms with E-state index in [0.29, 0.717) is 5.02 Å². The topological polar surface area (TPSA) is 55.6 Å². The zero-order chi connectivity index (χ0) is 13.1. The average Bonchev–Trinajstić information content (AvgIpc) is 2.91. The van der Waals surface area contributed by atoms with Crippen molar-refractivity contribution in [2.24, 2.45) is 0 Å². The molecule has 0 aromatic carbocycles. The molecule has 2 aromatic rings. The number of aryl methyl sites for hydroxylation is 1. The van der Waals surface area contributed by atoms with Gasteiger partial charge in [-0.05, 0) is 26.8 Å². The van der Waals surface area contributed by atoms with Crippen molar-refractivity contribution < 1.29 is 0 Å². The number of rotatable bonds is 5. The molecule has 1 N–H and O–H groups in total. The van der Waals surface area contributed by atoms with Crippen LogP contribution in [0.4, 0.5) is 0 Å². The number of nitrogens with one attached hydrogen (secondary N) is 1. The maximum Gasteiger partial charge on any atom is 0.233 e. The molecule has 0 bridgehead atoms. The van der Waals surface area contributed by atoms with Crippen molar-refractivity contribution in [2.75, 3.05) is 6.54 Å². The summed E-state index contributed by atoms with van der Waals surface area (Å²) in [6.45, 7) is 7.69. The number of aromatic nitrogens is 4. The summed E-state index contributed by atoms with van der Waals surface area (Å²) >= 11 is 7.65. The first-order valence-electron chi connectivity index (χ1n) is 5.88. The van der Waals surface area contributed by atoms with Gasteiger partial charge in [0, 0.05) is 6.54 Å². The van der Waals surface area contributed by atoms with Crippen LogP contribution in [0.5, 0.6) is 0 Å². The maximum absolute atomic E-state index is 6.12. The van der Waals surface area contributed by atoms with E-state index < -0.39 is 0 Å². The molecular weight excluding hydrogens is 270 g/mol. The van der Waals surface area contributed by atoms with Crippen LogP contribution in [0.3, 0.4) is 0 Å². The van der Waals surface area contributed by atoms with Crippen LogP contribution in [-0.2, 0) is 6.54 Å². The highest BCUT2D eigenvalue weighted by atomic mass is 35.5. The smallest absolute Gasteiger partial charge is 0.233 e. The van der Waals surface area contributed by atoms with Gasteiger partial charge in [0.05, 0.1) is 16.4 Å². The SMILES string of the molecule is CCCNCc1nnc(-n2nc(C)c(Cl)c2C)s1. The van der Waals surface area contributed by atoms with Gasteiger partial charge >= 0.3 is 0 Å². The summed E-state index contributed by atoms with van der Waals surface area (Å²) in [7, 11) is 0. The molecule has 0 amide bonds. The number of hydrogen-bond donors (Lipinski definition) is 1. The maximum atomic E-state index is 6.12. The highest BCUT2D eigenvalue weighted by Gasteiger charge is 2.14. The van der Waals surface area contributed by atoms with Gasteiger partial charge in [-0.1, -0.05) is 29.9 Å². The fraction of sp³-hybridized carbons (Fsp3) is 0.545. The van der Waals surface area contributed by atoms with Crippen LogP contribution >= 0.6 is 22.9 Å². The second-order valence-electron chi connectivity index (χ2n) is 4.05. The van der Waals surface area contributed by atoms with Crippen molar-refractivity contribution in [3.8, 4) is 5.13 Å². The molecular formula is C11H16ClN5S. The average molecular weight is 286 g/mol. The van der Waals surface area contributed by atoms with Crippen molar-refractivity contribution in [1.29, 1.82) is 0 Å². The second kappa shape index (κ2) is 5.77. The minimum atomic E-state index is 0.691. The third-order valence-electron chi connectivity index (χ3n) is 2.54. The Labute approximate surface area is 115 Å². The first kappa shape index (κ1) is 13.5. The monoisotopic (exact) mass is 285 g/mol. The molecule has 0 spiro atoms. The highest BCUT2D eigenvalue weighted by molar-refractivity contribution is 7.13.